The van der Waals surface area contributed by atoms with E-state index in [1.165, 1.54) is 18.2 Å². The monoisotopic (exact) mass is 230 g/mol. The normalized spacial score (nSPS) is 10.2. The van der Waals surface area contributed by atoms with E-state index in [2.05, 4.69) is 10.1 Å². The average Bonchev–Trinajstić information content (AvgIpc) is 2.17. The Labute approximate surface area is 91.4 Å². The first-order chi connectivity index (χ1) is 7.61. The fraction of sp³-hybridized carbons (Fsp3) is 0.300. The van der Waals surface area contributed by atoms with Gasteiger partial charge in [-0.1, -0.05) is 6.07 Å². The molecule has 0 fully saturated rings. The number of nitrogens with two attached hydrogens (primary N) is 1. The van der Waals surface area contributed by atoms with E-state index in [1.807, 2.05) is 0 Å². The van der Waals surface area contributed by atoms with E-state index in [9.17, 15) is 13.6 Å². The number of rotatable bonds is 5. The van der Waals surface area contributed by atoms with E-state index in [1.54, 1.807) is 6.07 Å². The number of amides is 1. The maximum absolute atomic E-state index is 11.9. The van der Waals surface area contributed by atoms with Gasteiger partial charge < -0.3 is 15.8 Å². The Kier molecular flexibility index (Phi) is 4.65. The van der Waals surface area contributed by atoms with Gasteiger partial charge in [0.2, 0.25) is 5.91 Å². The molecular weight excluding hydrogens is 218 g/mol. The van der Waals surface area contributed by atoms with Crippen molar-refractivity contribution >= 4 is 11.6 Å². The molecule has 6 heteroatoms. The van der Waals surface area contributed by atoms with E-state index in [0.717, 1.165) is 0 Å². The third kappa shape index (κ3) is 4.22. The van der Waals surface area contributed by atoms with Crippen LogP contribution in [0.5, 0.6) is 5.75 Å². The van der Waals surface area contributed by atoms with Crippen molar-refractivity contribution in [2.24, 2.45) is 5.73 Å². The van der Waals surface area contributed by atoms with Crippen molar-refractivity contribution in [1.82, 2.24) is 0 Å². The molecule has 0 atom stereocenters. The highest BCUT2D eigenvalue weighted by molar-refractivity contribution is 5.90. The maximum Gasteiger partial charge on any atom is 0.387 e. The standard InChI is InChI=1S/C10H12F2N2O2/c11-10(12)16-8-3-1-2-7(6-8)14-9(15)4-5-13/h1-3,6,10H,4-5,13H2,(H,14,15). The second-order valence-corrected chi connectivity index (χ2v) is 2.99. The Balaban J connectivity index is 2.63. The minimum atomic E-state index is -2.88. The molecule has 0 aromatic heterocycles. The zero-order chi connectivity index (χ0) is 12.0. The largest absolute Gasteiger partial charge is 0.435 e. The molecule has 0 bridgehead atoms. The minimum absolute atomic E-state index is 0.000508. The summed E-state index contributed by atoms with van der Waals surface area (Å²) in [5, 5.41) is 2.51. The number of alkyl halides is 2. The summed E-state index contributed by atoms with van der Waals surface area (Å²) in [5.74, 6) is -0.266. The number of halogens is 2. The van der Waals surface area contributed by atoms with Crippen molar-refractivity contribution in [3.05, 3.63) is 24.3 Å². The van der Waals surface area contributed by atoms with Crippen LogP contribution in [-0.2, 0) is 4.79 Å². The quantitative estimate of drug-likeness (QED) is 0.807. The van der Waals surface area contributed by atoms with Crippen molar-refractivity contribution in [1.29, 1.82) is 0 Å². The van der Waals surface area contributed by atoms with Gasteiger partial charge in [0.15, 0.2) is 0 Å². The van der Waals surface area contributed by atoms with Gasteiger partial charge in [0.25, 0.3) is 0 Å². The highest BCUT2D eigenvalue weighted by Crippen LogP contribution is 2.19. The van der Waals surface area contributed by atoms with E-state index < -0.39 is 6.61 Å². The Hall–Kier alpha value is -1.69. The first kappa shape index (κ1) is 12.4. The summed E-state index contributed by atoms with van der Waals surface area (Å²) in [7, 11) is 0. The summed E-state index contributed by atoms with van der Waals surface area (Å²) in [6.07, 6.45) is 0.180. The van der Waals surface area contributed by atoms with Gasteiger partial charge in [0, 0.05) is 24.7 Å². The summed E-state index contributed by atoms with van der Waals surface area (Å²) < 4.78 is 28.0. The maximum atomic E-state index is 11.9. The fourth-order valence-electron chi connectivity index (χ4n) is 1.10. The lowest BCUT2D eigenvalue weighted by Crippen LogP contribution is -2.16. The van der Waals surface area contributed by atoms with Gasteiger partial charge in [-0.15, -0.1) is 0 Å². The first-order valence-electron chi connectivity index (χ1n) is 4.66. The molecule has 0 spiro atoms. The van der Waals surface area contributed by atoms with Crippen molar-refractivity contribution in [3.8, 4) is 5.75 Å². The summed E-state index contributed by atoms with van der Waals surface area (Å²) in [5.41, 5.74) is 5.59. The predicted molar refractivity (Wildman–Crippen MR) is 55.4 cm³/mol. The first-order valence-corrected chi connectivity index (χ1v) is 4.66. The zero-order valence-corrected chi connectivity index (χ0v) is 8.45. The zero-order valence-electron chi connectivity index (χ0n) is 8.45. The number of carbonyl (C=O) groups excluding carboxylic acids is 1. The third-order valence-corrected chi connectivity index (χ3v) is 1.71. The third-order valence-electron chi connectivity index (χ3n) is 1.71. The average molecular weight is 230 g/mol. The molecule has 0 saturated heterocycles. The molecule has 0 unspecified atom stereocenters. The van der Waals surface area contributed by atoms with Gasteiger partial charge in [0.1, 0.15) is 5.75 Å². The molecule has 1 aromatic carbocycles. The highest BCUT2D eigenvalue weighted by Gasteiger charge is 2.06. The minimum Gasteiger partial charge on any atom is -0.435 e. The second kappa shape index (κ2) is 6.02. The van der Waals surface area contributed by atoms with Gasteiger partial charge in [-0.25, -0.2) is 0 Å². The van der Waals surface area contributed by atoms with E-state index in [4.69, 9.17) is 5.73 Å². The molecule has 0 aliphatic rings. The van der Waals surface area contributed by atoms with Gasteiger partial charge >= 0.3 is 6.61 Å². The smallest absolute Gasteiger partial charge is 0.387 e. The molecule has 0 aliphatic carbocycles. The van der Waals surface area contributed by atoms with Crippen LogP contribution in [0.2, 0.25) is 0 Å². The molecular formula is C10H12F2N2O2. The molecule has 1 amide bonds. The van der Waals surface area contributed by atoms with Crippen molar-refractivity contribution < 1.29 is 18.3 Å². The predicted octanol–water partition coefficient (Wildman–Crippen LogP) is 1.58. The van der Waals surface area contributed by atoms with E-state index in [0.29, 0.717) is 5.69 Å². The number of anilines is 1. The molecule has 16 heavy (non-hydrogen) atoms. The van der Waals surface area contributed by atoms with Crippen LogP contribution in [0, 0.1) is 0 Å². The molecule has 4 nitrogen and oxygen atoms in total. The molecule has 1 rings (SSSR count). The number of ether oxygens (including phenoxy) is 1. The Morgan fingerprint density at radius 3 is 2.88 bits per heavy atom. The van der Waals surface area contributed by atoms with Gasteiger partial charge in [-0.05, 0) is 12.1 Å². The molecule has 0 saturated carbocycles. The van der Waals surface area contributed by atoms with Crippen molar-refractivity contribution in [3.63, 3.8) is 0 Å². The second-order valence-electron chi connectivity index (χ2n) is 2.99. The van der Waals surface area contributed by atoms with Crippen LogP contribution in [-0.4, -0.2) is 19.1 Å². The summed E-state index contributed by atoms with van der Waals surface area (Å²) in [6, 6.07) is 5.79. The van der Waals surface area contributed by atoms with Crippen LogP contribution >= 0.6 is 0 Å². The molecule has 0 heterocycles. The Morgan fingerprint density at radius 2 is 2.25 bits per heavy atom. The van der Waals surface area contributed by atoms with Gasteiger partial charge in [0.05, 0.1) is 0 Å². The Bertz CT molecular complexity index is 358. The molecule has 1 aromatic rings. The summed E-state index contributed by atoms with van der Waals surface area (Å²) in [4.78, 5) is 11.2. The number of benzene rings is 1. The van der Waals surface area contributed by atoms with E-state index >= 15 is 0 Å². The number of hydrogen-bond donors (Lipinski definition) is 2. The van der Waals surface area contributed by atoms with Crippen LogP contribution in [0.4, 0.5) is 14.5 Å². The van der Waals surface area contributed by atoms with Crippen LogP contribution < -0.4 is 15.8 Å². The van der Waals surface area contributed by atoms with Gasteiger partial charge in [-0.2, -0.15) is 8.78 Å². The lowest BCUT2D eigenvalue weighted by atomic mass is 10.3. The van der Waals surface area contributed by atoms with Crippen molar-refractivity contribution in [2.45, 2.75) is 13.0 Å². The lowest BCUT2D eigenvalue weighted by molar-refractivity contribution is -0.116. The molecule has 0 radical (unpaired) electrons. The molecule has 0 aliphatic heterocycles. The molecule has 88 valence electrons. The van der Waals surface area contributed by atoms with Crippen LogP contribution in [0.15, 0.2) is 24.3 Å². The lowest BCUT2D eigenvalue weighted by Gasteiger charge is -2.07. The van der Waals surface area contributed by atoms with Gasteiger partial charge in [-0.3, -0.25) is 4.79 Å². The number of carbonyl (C=O) groups is 1. The highest BCUT2D eigenvalue weighted by atomic mass is 19.3. The van der Waals surface area contributed by atoms with Crippen molar-refractivity contribution in [2.75, 3.05) is 11.9 Å². The molecule has 3 N–H and O–H groups in total. The van der Waals surface area contributed by atoms with Crippen LogP contribution in [0.3, 0.4) is 0 Å². The van der Waals surface area contributed by atoms with E-state index in [-0.39, 0.29) is 24.6 Å². The van der Waals surface area contributed by atoms with Crippen LogP contribution in [0.25, 0.3) is 0 Å². The number of hydrogen-bond acceptors (Lipinski definition) is 3. The number of nitrogens with one attached hydrogen (secondary N) is 1. The fourth-order valence-corrected chi connectivity index (χ4v) is 1.10. The van der Waals surface area contributed by atoms with Crippen LogP contribution in [0.1, 0.15) is 6.42 Å². The SMILES string of the molecule is NCCC(=O)Nc1cccc(OC(F)F)c1. The topological polar surface area (TPSA) is 64.4 Å². The summed E-state index contributed by atoms with van der Waals surface area (Å²) >= 11 is 0. The summed E-state index contributed by atoms with van der Waals surface area (Å²) in [6.45, 7) is -2.64. The Morgan fingerprint density at radius 1 is 1.50 bits per heavy atom.